The number of carbonyl (C=O) groups is 2. The smallest absolute Gasteiger partial charge is 0.462 e. The van der Waals surface area contributed by atoms with Crippen molar-refractivity contribution in [3.8, 4) is 0 Å². The minimum atomic E-state index is -4.63. The SMILES string of the molecule is CCCCC/C=C\C/C=C\C/C=C\CCCCCCC(=O)O[C@H](COC(=O)CCCCCCCCCCC/C=C\C/C=C\CCCCC)COP(=O)(O)OC[C@@H](O)CO. The topological polar surface area (TPSA) is 149 Å². The van der Waals surface area contributed by atoms with Crippen LogP contribution in [0.4, 0.5) is 0 Å². The first kappa shape index (κ1) is 56.7. The first-order valence-corrected chi connectivity index (χ1v) is 24.7. The molecular formula is C48H85O10P. The van der Waals surface area contributed by atoms with Crippen molar-refractivity contribution in [2.24, 2.45) is 0 Å². The molecule has 1 unspecified atom stereocenters. The molecule has 0 aromatic heterocycles. The van der Waals surface area contributed by atoms with Gasteiger partial charge >= 0.3 is 19.8 Å². The van der Waals surface area contributed by atoms with Gasteiger partial charge in [0.05, 0.1) is 19.8 Å². The van der Waals surface area contributed by atoms with Gasteiger partial charge in [0.1, 0.15) is 12.7 Å². The quantitative estimate of drug-likeness (QED) is 0.0234. The van der Waals surface area contributed by atoms with Crippen LogP contribution in [0.3, 0.4) is 0 Å². The van der Waals surface area contributed by atoms with Crippen molar-refractivity contribution in [1.82, 2.24) is 0 Å². The molecule has 0 rings (SSSR count). The standard InChI is InChI=1S/C48H85O10P/c1-3-5-7-9-11-13-15-17-19-21-22-24-25-27-29-31-33-35-37-39-47(51)55-43-46(44-57-59(53,54)56-42-45(50)41-49)58-48(52)40-38-36-34-32-30-28-26-23-20-18-16-14-12-10-8-6-4-2/h11-14,17-20,26,28,45-46,49-50H,3-10,15-16,21-25,27,29-44H2,1-2H3,(H,53,54)/b13-11-,14-12-,19-17-,20-18-,28-26-/t45-,46+/m0/s1. The highest BCUT2D eigenvalue weighted by Gasteiger charge is 2.27. The number of phosphoric acid groups is 1. The molecule has 0 radical (unpaired) electrons. The zero-order valence-corrected chi connectivity index (χ0v) is 38.1. The van der Waals surface area contributed by atoms with Crippen LogP contribution in [-0.2, 0) is 32.7 Å². The van der Waals surface area contributed by atoms with E-state index in [1.807, 2.05) is 0 Å². The van der Waals surface area contributed by atoms with Crippen molar-refractivity contribution in [1.29, 1.82) is 0 Å². The van der Waals surface area contributed by atoms with Crippen LogP contribution in [0, 0.1) is 0 Å². The molecular weight excluding hydrogens is 767 g/mol. The second-order valence-corrected chi connectivity index (χ2v) is 16.9. The van der Waals surface area contributed by atoms with Gasteiger partial charge < -0.3 is 24.6 Å². The van der Waals surface area contributed by atoms with Crippen molar-refractivity contribution in [3.05, 3.63) is 60.8 Å². The van der Waals surface area contributed by atoms with E-state index in [0.29, 0.717) is 12.8 Å². The number of aliphatic hydroxyl groups excluding tert-OH is 2. The van der Waals surface area contributed by atoms with Gasteiger partial charge in [0, 0.05) is 12.8 Å². The van der Waals surface area contributed by atoms with Crippen LogP contribution in [0.5, 0.6) is 0 Å². The third-order valence-electron chi connectivity index (χ3n) is 9.64. The van der Waals surface area contributed by atoms with Crippen molar-refractivity contribution in [3.63, 3.8) is 0 Å². The summed E-state index contributed by atoms with van der Waals surface area (Å²) in [6.45, 7) is 2.30. The van der Waals surface area contributed by atoms with Crippen LogP contribution in [0.1, 0.15) is 194 Å². The lowest BCUT2D eigenvalue weighted by Crippen LogP contribution is -2.29. The third-order valence-corrected chi connectivity index (χ3v) is 10.6. The number of aliphatic hydroxyl groups is 2. The van der Waals surface area contributed by atoms with E-state index < -0.39 is 51.8 Å². The molecule has 0 heterocycles. The molecule has 0 saturated carbocycles. The fourth-order valence-corrected chi connectivity index (χ4v) is 6.82. The van der Waals surface area contributed by atoms with Gasteiger partial charge in [-0.2, -0.15) is 0 Å². The fourth-order valence-electron chi connectivity index (χ4n) is 6.03. The number of allylic oxidation sites excluding steroid dienone is 10. The second-order valence-electron chi connectivity index (χ2n) is 15.4. The normalized spacial score (nSPS) is 14.3. The van der Waals surface area contributed by atoms with E-state index in [0.717, 1.165) is 70.6 Å². The summed E-state index contributed by atoms with van der Waals surface area (Å²) in [7, 11) is -4.63. The van der Waals surface area contributed by atoms with Crippen molar-refractivity contribution >= 4 is 19.8 Å². The number of hydrogen-bond donors (Lipinski definition) is 3. The molecule has 0 bridgehead atoms. The highest BCUT2D eigenvalue weighted by Crippen LogP contribution is 2.43. The average molecular weight is 853 g/mol. The van der Waals surface area contributed by atoms with Crippen LogP contribution in [0.25, 0.3) is 0 Å². The van der Waals surface area contributed by atoms with E-state index in [4.69, 9.17) is 23.6 Å². The van der Waals surface area contributed by atoms with Crippen molar-refractivity contribution in [2.75, 3.05) is 26.4 Å². The predicted molar refractivity (Wildman–Crippen MR) is 242 cm³/mol. The molecule has 11 heteroatoms. The van der Waals surface area contributed by atoms with Gasteiger partial charge in [0.15, 0.2) is 6.10 Å². The Bertz CT molecular complexity index is 1160. The fraction of sp³-hybridized carbons (Fsp3) is 0.750. The maximum atomic E-state index is 12.6. The summed E-state index contributed by atoms with van der Waals surface area (Å²) >= 11 is 0. The van der Waals surface area contributed by atoms with Crippen LogP contribution >= 0.6 is 7.82 Å². The summed E-state index contributed by atoms with van der Waals surface area (Å²) in [4.78, 5) is 35.1. The number of carbonyl (C=O) groups excluding carboxylic acids is 2. The monoisotopic (exact) mass is 853 g/mol. The summed E-state index contributed by atoms with van der Waals surface area (Å²) in [5, 5.41) is 18.4. The van der Waals surface area contributed by atoms with Crippen LogP contribution in [0.15, 0.2) is 60.8 Å². The zero-order valence-electron chi connectivity index (χ0n) is 37.2. The highest BCUT2D eigenvalue weighted by atomic mass is 31.2. The number of esters is 2. The third kappa shape index (κ3) is 43.6. The number of phosphoric ester groups is 1. The van der Waals surface area contributed by atoms with E-state index in [9.17, 15) is 24.2 Å². The van der Waals surface area contributed by atoms with Gasteiger partial charge in [-0.25, -0.2) is 4.57 Å². The van der Waals surface area contributed by atoms with E-state index in [1.165, 1.54) is 83.5 Å². The molecule has 0 spiro atoms. The molecule has 0 aliphatic rings. The minimum Gasteiger partial charge on any atom is -0.462 e. The molecule has 0 aliphatic carbocycles. The molecule has 0 aliphatic heterocycles. The van der Waals surface area contributed by atoms with Crippen LogP contribution in [0.2, 0.25) is 0 Å². The molecule has 3 N–H and O–H groups in total. The summed E-state index contributed by atoms with van der Waals surface area (Å²) in [5.41, 5.74) is 0. The minimum absolute atomic E-state index is 0.156. The lowest BCUT2D eigenvalue weighted by Gasteiger charge is -2.20. The molecule has 0 saturated heterocycles. The Morgan fingerprint density at radius 3 is 1.32 bits per heavy atom. The molecule has 0 aromatic rings. The Kier molecular flexibility index (Phi) is 42.0. The van der Waals surface area contributed by atoms with E-state index >= 15 is 0 Å². The molecule has 0 aromatic carbocycles. The Morgan fingerprint density at radius 1 is 0.508 bits per heavy atom. The Labute approximate surface area is 359 Å². The van der Waals surface area contributed by atoms with Gasteiger partial charge in [-0.15, -0.1) is 0 Å². The lowest BCUT2D eigenvalue weighted by molar-refractivity contribution is -0.161. The average Bonchev–Trinajstić information content (AvgIpc) is 3.22. The number of ether oxygens (including phenoxy) is 2. The van der Waals surface area contributed by atoms with Crippen molar-refractivity contribution in [2.45, 2.75) is 206 Å². The molecule has 10 nitrogen and oxygen atoms in total. The van der Waals surface area contributed by atoms with E-state index in [1.54, 1.807) is 0 Å². The van der Waals surface area contributed by atoms with Gasteiger partial charge in [0.25, 0.3) is 0 Å². The second kappa shape index (κ2) is 43.7. The van der Waals surface area contributed by atoms with Gasteiger partial charge in [-0.05, 0) is 83.5 Å². The number of unbranched alkanes of at least 4 members (excludes halogenated alkanes) is 19. The van der Waals surface area contributed by atoms with E-state index in [2.05, 4.69) is 74.6 Å². The number of rotatable bonds is 43. The molecule has 0 amide bonds. The summed E-state index contributed by atoms with van der Waals surface area (Å²) in [6, 6.07) is 0. The highest BCUT2D eigenvalue weighted by molar-refractivity contribution is 7.47. The number of hydrogen-bond acceptors (Lipinski definition) is 9. The Morgan fingerprint density at radius 2 is 0.881 bits per heavy atom. The Balaban J connectivity index is 4.30. The summed E-state index contributed by atoms with van der Waals surface area (Å²) in [5.74, 6) is -0.956. The first-order chi connectivity index (χ1) is 28.7. The largest absolute Gasteiger partial charge is 0.472 e. The summed E-state index contributed by atoms with van der Waals surface area (Å²) in [6.07, 6.45) is 48.9. The van der Waals surface area contributed by atoms with Gasteiger partial charge in [-0.3, -0.25) is 18.6 Å². The van der Waals surface area contributed by atoms with Gasteiger partial charge in [0.2, 0.25) is 0 Å². The van der Waals surface area contributed by atoms with Crippen LogP contribution < -0.4 is 0 Å². The molecule has 59 heavy (non-hydrogen) atoms. The molecule has 3 atom stereocenters. The summed E-state index contributed by atoms with van der Waals surface area (Å²) < 4.78 is 32.8. The van der Waals surface area contributed by atoms with Crippen molar-refractivity contribution < 1.29 is 47.8 Å². The van der Waals surface area contributed by atoms with Crippen LogP contribution in [-0.4, -0.2) is 65.7 Å². The maximum absolute atomic E-state index is 12.6. The lowest BCUT2D eigenvalue weighted by atomic mass is 10.1. The van der Waals surface area contributed by atoms with E-state index in [-0.39, 0.29) is 19.4 Å². The maximum Gasteiger partial charge on any atom is 0.472 e. The molecule has 0 fully saturated rings. The zero-order chi connectivity index (χ0) is 43.3. The first-order valence-electron chi connectivity index (χ1n) is 23.2. The van der Waals surface area contributed by atoms with Gasteiger partial charge in [-0.1, -0.05) is 158 Å². The molecule has 342 valence electrons. The predicted octanol–water partition coefficient (Wildman–Crippen LogP) is 12.7. The Hall–Kier alpha value is -2.33.